The third kappa shape index (κ3) is 4.09. The monoisotopic (exact) mass is 509 g/mol. The molecule has 0 bridgehead atoms. The van der Waals surface area contributed by atoms with Crippen LogP contribution in [0, 0.1) is 0 Å². The van der Waals surface area contributed by atoms with Crippen molar-refractivity contribution in [2.45, 2.75) is 23.9 Å². The zero-order chi connectivity index (χ0) is 22.3. The van der Waals surface area contributed by atoms with E-state index in [4.69, 9.17) is 37.9 Å². The average molecular weight is 510 g/mol. The van der Waals surface area contributed by atoms with Gasteiger partial charge in [0.1, 0.15) is 11.7 Å². The first-order valence-corrected chi connectivity index (χ1v) is 12.2. The fourth-order valence-electron chi connectivity index (χ4n) is 3.71. The summed E-state index contributed by atoms with van der Waals surface area (Å²) in [4.78, 5) is 17.2. The molecular weight excluding hydrogens is 491 g/mol. The summed E-state index contributed by atoms with van der Waals surface area (Å²) < 4.78 is 5.48. The molecule has 166 valence electrons. The van der Waals surface area contributed by atoms with Gasteiger partial charge in [0.2, 0.25) is 0 Å². The molecule has 13 heteroatoms. The minimum absolute atomic E-state index is 0.193. The second-order valence-electron chi connectivity index (χ2n) is 7.53. The topological polar surface area (TPSA) is 88.2 Å². The maximum Gasteiger partial charge on any atom is 0.273 e. The highest BCUT2D eigenvalue weighted by atomic mass is 35.5. The molecule has 1 unspecified atom stereocenters. The molecular formula is C19H19Cl2N8OS2+. The summed E-state index contributed by atoms with van der Waals surface area (Å²) >= 11 is 15.4. The van der Waals surface area contributed by atoms with Gasteiger partial charge in [0, 0.05) is 31.2 Å². The number of likely N-dealkylation sites (tertiary alicyclic amines) is 1. The lowest BCUT2D eigenvalue weighted by Gasteiger charge is -2.34. The molecule has 3 aromatic rings. The number of methoxy groups -OCH3 is 1. The van der Waals surface area contributed by atoms with Crippen LogP contribution >= 0.6 is 46.5 Å². The van der Waals surface area contributed by atoms with Crippen LogP contribution in [0.3, 0.4) is 0 Å². The maximum atomic E-state index is 6.26. The number of hydrogen-bond acceptors (Lipinski definition) is 10. The second-order valence-corrected chi connectivity index (χ2v) is 10.5. The highest BCUT2D eigenvalue weighted by molar-refractivity contribution is 7.94. The molecule has 5 rings (SSSR count). The van der Waals surface area contributed by atoms with Gasteiger partial charge in [0.15, 0.2) is 17.0 Å². The summed E-state index contributed by atoms with van der Waals surface area (Å²) in [6.45, 7) is 1.98. The lowest BCUT2D eigenvalue weighted by atomic mass is 10.1. The fourth-order valence-corrected chi connectivity index (χ4v) is 5.99. The number of fused-ring (bicyclic) bond motifs is 1. The predicted molar refractivity (Wildman–Crippen MR) is 127 cm³/mol. The zero-order valence-electron chi connectivity index (χ0n) is 17.3. The standard InChI is InChI=1S/C19H19Cl2N8OS2/c1-28-5-3-11(4-6-28)29(10-23-26-27-29)32-18-17(16-9-22-19(30-2)31-16)24-14-7-12(20)13(21)8-15(14)25-18/h7-11H,3-6H2,1-2H3/q+1. The molecule has 2 aliphatic heterocycles. The summed E-state index contributed by atoms with van der Waals surface area (Å²) in [5, 5.41) is 14.6. The molecule has 32 heavy (non-hydrogen) atoms. The van der Waals surface area contributed by atoms with Crippen LogP contribution in [0.5, 0.6) is 5.19 Å². The van der Waals surface area contributed by atoms with Crippen molar-refractivity contribution in [1.29, 1.82) is 0 Å². The number of ether oxygens (including phenoxy) is 1. The van der Waals surface area contributed by atoms with E-state index in [0.717, 1.165) is 30.8 Å². The molecule has 1 atom stereocenters. The highest BCUT2D eigenvalue weighted by Crippen LogP contribution is 2.44. The van der Waals surface area contributed by atoms with Gasteiger partial charge in [0.25, 0.3) is 11.5 Å². The lowest BCUT2D eigenvalue weighted by molar-refractivity contribution is -0.734. The number of halogens is 2. The van der Waals surface area contributed by atoms with Crippen LogP contribution in [0.2, 0.25) is 10.0 Å². The summed E-state index contributed by atoms with van der Waals surface area (Å²) in [5.41, 5.74) is 1.98. The fraction of sp³-hybridized carbons (Fsp3) is 0.368. The van der Waals surface area contributed by atoms with Crippen molar-refractivity contribution < 1.29 is 8.73 Å². The summed E-state index contributed by atoms with van der Waals surface area (Å²) in [6.07, 6.45) is 5.46. The number of quaternary nitrogens is 1. The van der Waals surface area contributed by atoms with Gasteiger partial charge in [-0.25, -0.2) is 15.0 Å². The Morgan fingerprint density at radius 2 is 1.88 bits per heavy atom. The zero-order valence-corrected chi connectivity index (χ0v) is 20.4. The van der Waals surface area contributed by atoms with Gasteiger partial charge in [-0.2, -0.15) is 0 Å². The Kier molecular flexibility index (Phi) is 6.03. The van der Waals surface area contributed by atoms with Crippen LogP contribution in [0.4, 0.5) is 0 Å². The van der Waals surface area contributed by atoms with Gasteiger partial charge in [-0.15, -0.1) is 0 Å². The SMILES string of the molecule is COc1ncc(-c2nc3cc(Cl)c(Cl)cc3nc2S[N+]2(C3CCN(C)CC3)C=NN=N2)s1. The van der Waals surface area contributed by atoms with Gasteiger partial charge in [-0.1, -0.05) is 43.6 Å². The number of piperidine rings is 1. The number of hydrogen-bond donors (Lipinski definition) is 0. The molecule has 2 aromatic heterocycles. The Morgan fingerprint density at radius 3 is 2.50 bits per heavy atom. The smallest absolute Gasteiger partial charge is 0.273 e. The van der Waals surface area contributed by atoms with Crippen LogP contribution in [0.15, 0.2) is 38.9 Å². The van der Waals surface area contributed by atoms with E-state index in [-0.39, 0.29) is 10.0 Å². The van der Waals surface area contributed by atoms with E-state index in [9.17, 15) is 0 Å². The summed E-state index contributed by atoms with van der Waals surface area (Å²) in [6, 6.07) is 3.68. The molecule has 0 saturated carbocycles. The molecule has 9 nitrogen and oxygen atoms in total. The first kappa shape index (κ1) is 21.9. The molecule has 1 aromatic carbocycles. The average Bonchev–Trinajstić information content (AvgIpc) is 3.45. The third-order valence-corrected chi connectivity index (χ3v) is 8.36. The first-order valence-electron chi connectivity index (χ1n) is 9.88. The molecule has 2 aliphatic rings. The van der Waals surface area contributed by atoms with Crippen molar-refractivity contribution in [2.75, 3.05) is 27.2 Å². The lowest BCUT2D eigenvalue weighted by Crippen LogP contribution is -2.48. The van der Waals surface area contributed by atoms with Crippen LogP contribution in [0.1, 0.15) is 12.8 Å². The number of thiazole rings is 1. The van der Waals surface area contributed by atoms with E-state index >= 15 is 0 Å². The maximum absolute atomic E-state index is 6.26. The van der Waals surface area contributed by atoms with E-state index in [2.05, 4.69) is 32.5 Å². The van der Waals surface area contributed by atoms with Gasteiger partial charge < -0.3 is 9.64 Å². The molecule has 0 aliphatic carbocycles. The minimum Gasteiger partial charge on any atom is -0.473 e. The van der Waals surface area contributed by atoms with Crippen LogP contribution in [-0.2, 0) is 0 Å². The molecule has 4 heterocycles. The first-order chi connectivity index (χ1) is 15.5. The Labute approximate surface area is 202 Å². The number of nitrogens with zero attached hydrogens (tertiary/aromatic N) is 8. The Bertz CT molecular complexity index is 1210. The highest BCUT2D eigenvalue weighted by Gasteiger charge is 2.45. The van der Waals surface area contributed by atoms with E-state index in [1.807, 2.05) is 0 Å². The molecule has 1 saturated heterocycles. The number of benzene rings is 1. The van der Waals surface area contributed by atoms with Gasteiger partial charge in [-0.3, -0.25) is 0 Å². The Balaban J connectivity index is 1.62. The van der Waals surface area contributed by atoms with Gasteiger partial charge in [-0.05, 0) is 19.2 Å². The van der Waals surface area contributed by atoms with Crippen molar-refractivity contribution >= 4 is 63.9 Å². The Hall–Kier alpha value is -1.89. The Morgan fingerprint density at radius 1 is 1.16 bits per heavy atom. The minimum atomic E-state index is 0.193. The van der Waals surface area contributed by atoms with E-state index in [0.29, 0.717) is 37.0 Å². The van der Waals surface area contributed by atoms with Gasteiger partial charge in [0.05, 0.1) is 44.5 Å². The van der Waals surface area contributed by atoms with Crippen molar-refractivity contribution in [2.24, 2.45) is 15.5 Å². The van der Waals surface area contributed by atoms with E-state index in [1.54, 1.807) is 31.8 Å². The van der Waals surface area contributed by atoms with Crippen LogP contribution < -0.4 is 4.74 Å². The number of aromatic nitrogens is 3. The normalized spacial score (nSPS) is 21.6. The van der Waals surface area contributed by atoms with E-state index < -0.39 is 0 Å². The predicted octanol–water partition coefficient (Wildman–Crippen LogP) is 5.31. The van der Waals surface area contributed by atoms with Gasteiger partial charge >= 0.3 is 0 Å². The molecule has 0 amide bonds. The van der Waals surface area contributed by atoms with Crippen molar-refractivity contribution in [3.05, 3.63) is 28.4 Å². The number of rotatable bonds is 5. The quantitative estimate of drug-likeness (QED) is 0.342. The molecule has 0 radical (unpaired) electrons. The van der Waals surface area contributed by atoms with Crippen LogP contribution in [-0.4, -0.2) is 63.5 Å². The summed E-state index contributed by atoms with van der Waals surface area (Å²) in [5.74, 6) is 0. The van der Waals surface area contributed by atoms with Crippen molar-refractivity contribution in [1.82, 2.24) is 19.9 Å². The third-order valence-electron chi connectivity index (χ3n) is 5.46. The van der Waals surface area contributed by atoms with Crippen molar-refractivity contribution in [3.63, 3.8) is 0 Å². The largest absolute Gasteiger partial charge is 0.473 e. The molecule has 0 spiro atoms. The molecule has 0 N–H and O–H groups in total. The van der Waals surface area contributed by atoms with Crippen molar-refractivity contribution in [3.8, 4) is 15.8 Å². The summed E-state index contributed by atoms with van der Waals surface area (Å²) in [7, 11) is 3.72. The second kappa shape index (κ2) is 8.81. The van der Waals surface area contributed by atoms with E-state index in [1.165, 1.54) is 23.3 Å². The van der Waals surface area contributed by atoms with Crippen LogP contribution in [0.25, 0.3) is 21.6 Å². The molecule has 1 fully saturated rings.